The fourth-order valence-electron chi connectivity index (χ4n) is 3.25. The third-order valence-corrected chi connectivity index (χ3v) is 6.70. The number of anilines is 1. The van der Waals surface area contributed by atoms with Gasteiger partial charge in [0.05, 0.1) is 29.3 Å². The summed E-state index contributed by atoms with van der Waals surface area (Å²) in [5.74, 6) is -0.468. The molecule has 2 heterocycles. The van der Waals surface area contributed by atoms with Gasteiger partial charge in [-0.25, -0.2) is 12.8 Å². The number of rotatable bonds is 3. The van der Waals surface area contributed by atoms with Crippen molar-refractivity contribution in [1.29, 1.82) is 0 Å². The number of hydrogen-bond acceptors (Lipinski definition) is 5. The molecule has 1 fully saturated rings. The van der Waals surface area contributed by atoms with Crippen molar-refractivity contribution >= 4 is 49.6 Å². The number of sulfone groups is 1. The molecule has 1 aliphatic rings. The minimum absolute atomic E-state index is 0.0224. The molecular formula is C19H15Cl2FN2O3S. The zero-order valence-electron chi connectivity index (χ0n) is 14.5. The van der Waals surface area contributed by atoms with Crippen LogP contribution in [0.25, 0.3) is 10.9 Å². The van der Waals surface area contributed by atoms with Crippen molar-refractivity contribution in [3.8, 4) is 0 Å². The second-order valence-electron chi connectivity index (χ2n) is 6.34. The van der Waals surface area contributed by atoms with Gasteiger partial charge in [-0.15, -0.1) is 0 Å². The Balaban J connectivity index is 2.00. The number of morpholine rings is 1. The lowest BCUT2D eigenvalue weighted by molar-refractivity contribution is 0.122. The van der Waals surface area contributed by atoms with Crippen LogP contribution >= 0.6 is 23.2 Å². The lowest BCUT2D eigenvalue weighted by Crippen LogP contribution is -2.37. The molecule has 0 spiro atoms. The average molecular weight is 441 g/mol. The molecule has 0 amide bonds. The molecule has 2 aromatic carbocycles. The van der Waals surface area contributed by atoms with Crippen LogP contribution in [-0.4, -0.2) is 39.7 Å². The third-order valence-electron chi connectivity index (χ3n) is 4.53. The Hall–Kier alpha value is -1.93. The number of nitrogens with zero attached hydrogens (tertiary/aromatic N) is 2. The molecule has 5 nitrogen and oxygen atoms in total. The molecule has 4 rings (SSSR count). The molecule has 28 heavy (non-hydrogen) atoms. The summed E-state index contributed by atoms with van der Waals surface area (Å²) in [6.07, 6.45) is 1.30. The fraction of sp³-hybridized carbons (Fsp3) is 0.211. The van der Waals surface area contributed by atoms with E-state index in [-0.39, 0.29) is 19.8 Å². The standard InChI is InChI=1S/C19H15Cl2FN2O3S/c20-12-7-13(21)9-15(8-12)28(25,26)18-11-23-17-2-1-14(22)10-16(17)19(18)24-3-5-27-6-4-24/h1-2,7-11H,3-6H2. The van der Waals surface area contributed by atoms with Gasteiger partial charge in [-0.1, -0.05) is 23.2 Å². The zero-order valence-corrected chi connectivity index (χ0v) is 16.9. The van der Waals surface area contributed by atoms with Crippen LogP contribution in [0, 0.1) is 5.82 Å². The van der Waals surface area contributed by atoms with E-state index >= 15 is 0 Å². The van der Waals surface area contributed by atoms with Gasteiger partial charge in [0.2, 0.25) is 9.84 Å². The predicted octanol–water partition coefficient (Wildman–Crippen LogP) is 4.35. The number of pyridine rings is 1. The van der Waals surface area contributed by atoms with Gasteiger partial charge in [0.15, 0.2) is 0 Å². The normalized spacial score (nSPS) is 15.2. The molecule has 9 heteroatoms. The second kappa shape index (κ2) is 7.48. The van der Waals surface area contributed by atoms with E-state index in [1.165, 1.54) is 42.6 Å². The zero-order chi connectivity index (χ0) is 19.9. The van der Waals surface area contributed by atoms with Gasteiger partial charge in [-0.2, -0.15) is 0 Å². The number of hydrogen-bond donors (Lipinski definition) is 0. The highest BCUT2D eigenvalue weighted by Crippen LogP contribution is 2.37. The smallest absolute Gasteiger partial charge is 0.210 e. The summed E-state index contributed by atoms with van der Waals surface area (Å²) in [5, 5.41) is 0.841. The minimum atomic E-state index is -4.00. The first kappa shape index (κ1) is 19.4. The lowest BCUT2D eigenvalue weighted by Gasteiger charge is -2.31. The van der Waals surface area contributed by atoms with E-state index < -0.39 is 15.7 Å². The summed E-state index contributed by atoms with van der Waals surface area (Å²) >= 11 is 12.0. The minimum Gasteiger partial charge on any atom is -0.378 e. The second-order valence-corrected chi connectivity index (χ2v) is 9.13. The van der Waals surface area contributed by atoms with E-state index in [1.54, 1.807) is 0 Å². The Morgan fingerprint density at radius 1 is 1.04 bits per heavy atom. The number of halogens is 3. The quantitative estimate of drug-likeness (QED) is 0.605. The summed E-state index contributed by atoms with van der Waals surface area (Å²) in [7, 11) is -4.00. The SMILES string of the molecule is O=S(=O)(c1cc(Cl)cc(Cl)c1)c1cnc2ccc(F)cc2c1N1CCOCC1. The largest absolute Gasteiger partial charge is 0.378 e. The topological polar surface area (TPSA) is 59.5 Å². The third kappa shape index (κ3) is 3.55. The van der Waals surface area contributed by atoms with Crippen LogP contribution in [0.15, 0.2) is 52.4 Å². The van der Waals surface area contributed by atoms with E-state index in [2.05, 4.69) is 4.98 Å². The Kier molecular flexibility index (Phi) is 5.18. The molecule has 0 saturated carbocycles. The first-order chi connectivity index (χ1) is 13.4. The Morgan fingerprint density at radius 2 is 1.71 bits per heavy atom. The van der Waals surface area contributed by atoms with Crippen LogP contribution < -0.4 is 4.90 Å². The molecule has 0 unspecified atom stereocenters. The Labute approximate surface area is 171 Å². The summed E-state index contributed by atoms with van der Waals surface area (Å²) < 4.78 is 46.2. The van der Waals surface area contributed by atoms with Gasteiger partial charge in [-0.05, 0) is 36.4 Å². The maximum absolute atomic E-state index is 14.0. The fourth-order valence-corrected chi connectivity index (χ4v) is 5.41. The molecule has 1 aromatic heterocycles. The van der Waals surface area contributed by atoms with Gasteiger partial charge in [0.25, 0.3) is 0 Å². The molecule has 0 atom stereocenters. The maximum Gasteiger partial charge on any atom is 0.210 e. The molecular weight excluding hydrogens is 426 g/mol. The Bertz CT molecular complexity index is 1150. The van der Waals surface area contributed by atoms with Crippen molar-refractivity contribution in [2.75, 3.05) is 31.2 Å². The summed E-state index contributed by atoms with van der Waals surface area (Å²) in [4.78, 5) is 6.06. The lowest BCUT2D eigenvalue weighted by atomic mass is 10.1. The van der Waals surface area contributed by atoms with Crippen molar-refractivity contribution in [2.24, 2.45) is 0 Å². The first-order valence-corrected chi connectivity index (χ1v) is 10.7. The molecule has 0 N–H and O–H groups in total. The first-order valence-electron chi connectivity index (χ1n) is 8.48. The molecule has 0 bridgehead atoms. The van der Waals surface area contributed by atoms with E-state index in [1.807, 2.05) is 4.90 Å². The van der Waals surface area contributed by atoms with Crippen molar-refractivity contribution in [1.82, 2.24) is 4.98 Å². The van der Waals surface area contributed by atoms with Crippen LogP contribution in [0.5, 0.6) is 0 Å². The molecule has 0 aliphatic carbocycles. The van der Waals surface area contributed by atoms with Gasteiger partial charge in [0.1, 0.15) is 10.7 Å². The van der Waals surface area contributed by atoms with Gasteiger partial charge < -0.3 is 9.64 Å². The summed E-state index contributed by atoms with van der Waals surface area (Å²) in [6, 6.07) is 8.25. The molecule has 0 radical (unpaired) electrons. The maximum atomic E-state index is 14.0. The van der Waals surface area contributed by atoms with Crippen LogP contribution in [0.1, 0.15) is 0 Å². The van der Waals surface area contributed by atoms with Crippen LogP contribution in [0.3, 0.4) is 0 Å². The molecule has 3 aromatic rings. The van der Waals surface area contributed by atoms with Crippen LogP contribution in [0.4, 0.5) is 10.1 Å². The molecule has 146 valence electrons. The summed E-state index contributed by atoms with van der Waals surface area (Å²) in [6.45, 7) is 1.85. The van der Waals surface area contributed by atoms with Crippen molar-refractivity contribution in [2.45, 2.75) is 9.79 Å². The number of benzene rings is 2. The van der Waals surface area contributed by atoms with Crippen molar-refractivity contribution in [3.63, 3.8) is 0 Å². The average Bonchev–Trinajstić information content (AvgIpc) is 2.67. The van der Waals surface area contributed by atoms with Crippen molar-refractivity contribution in [3.05, 3.63) is 58.5 Å². The van der Waals surface area contributed by atoms with E-state index in [0.717, 1.165) is 0 Å². The van der Waals surface area contributed by atoms with Gasteiger partial charge in [0, 0.05) is 34.7 Å². The highest BCUT2D eigenvalue weighted by molar-refractivity contribution is 7.91. The van der Waals surface area contributed by atoms with Gasteiger partial charge >= 0.3 is 0 Å². The number of ether oxygens (including phenoxy) is 1. The van der Waals surface area contributed by atoms with Gasteiger partial charge in [-0.3, -0.25) is 4.98 Å². The molecule has 1 aliphatic heterocycles. The van der Waals surface area contributed by atoms with E-state index in [4.69, 9.17) is 27.9 Å². The monoisotopic (exact) mass is 440 g/mol. The van der Waals surface area contributed by atoms with Crippen LogP contribution in [-0.2, 0) is 14.6 Å². The number of aromatic nitrogens is 1. The van der Waals surface area contributed by atoms with Crippen LogP contribution in [0.2, 0.25) is 10.0 Å². The predicted molar refractivity (Wildman–Crippen MR) is 107 cm³/mol. The highest BCUT2D eigenvalue weighted by atomic mass is 35.5. The number of fused-ring (bicyclic) bond motifs is 1. The van der Waals surface area contributed by atoms with E-state index in [9.17, 15) is 12.8 Å². The Morgan fingerprint density at radius 3 is 2.39 bits per heavy atom. The van der Waals surface area contributed by atoms with Crippen molar-refractivity contribution < 1.29 is 17.5 Å². The van der Waals surface area contributed by atoms with E-state index in [0.29, 0.717) is 42.9 Å². The highest BCUT2D eigenvalue weighted by Gasteiger charge is 2.28. The summed E-state index contributed by atoms with van der Waals surface area (Å²) in [5.41, 5.74) is 0.912. The molecule has 1 saturated heterocycles.